The Morgan fingerprint density at radius 3 is 2.73 bits per heavy atom. The number of carbonyl (C=O) groups is 1. The lowest BCUT2D eigenvalue weighted by molar-refractivity contribution is 0.0713. The van der Waals surface area contributed by atoms with Crippen molar-refractivity contribution in [3.8, 4) is 0 Å². The Hall–Kier alpha value is -1.60. The van der Waals surface area contributed by atoms with Gasteiger partial charge in [0.1, 0.15) is 0 Å². The molecule has 0 unspecified atom stereocenters. The van der Waals surface area contributed by atoms with Crippen molar-refractivity contribution in [3.05, 3.63) is 29.3 Å². The number of sulfonamides is 1. The van der Waals surface area contributed by atoms with Crippen molar-refractivity contribution in [3.63, 3.8) is 0 Å². The molecule has 1 aromatic rings. The molecular weight excluding hydrogens is 304 g/mol. The number of hydrogen-bond donors (Lipinski definition) is 2. The van der Waals surface area contributed by atoms with E-state index in [1.54, 1.807) is 18.2 Å². The summed E-state index contributed by atoms with van der Waals surface area (Å²) in [5.74, 6) is -0.308. The van der Waals surface area contributed by atoms with E-state index in [9.17, 15) is 13.2 Å². The highest BCUT2D eigenvalue weighted by molar-refractivity contribution is 7.92. The number of carbonyl (C=O) groups excluding carboxylic acids is 1. The molecular formula is C15H22N2O4S. The molecule has 1 aromatic carbocycles. The minimum atomic E-state index is -3.44. The molecule has 1 heterocycles. The van der Waals surface area contributed by atoms with Crippen molar-refractivity contribution in [1.29, 1.82) is 0 Å². The summed E-state index contributed by atoms with van der Waals surface area (Å²) >= 11 is 0. The van der Waals surface area contributed by atoms with Gasteiger partial charge in [-0.05, 0) is 38.8 Å². The van der Waals surface area contributed by atoms with Crippen LogP contribution in [0.2, 0.25) is 0 Å². The van der Waals surface area contributed by atoms with Gasteiger partial charge in [-0.1, -0.05) is 11.6 Å². The SMILES string of the molecule is Cc1ccc(NS(C)(=O)=O)c(C(=O)N[C@@H](C)[C@H]2CCCO2)c1. The third-order valence-corrected chi connectivity index (χ3v) is 4.19. The van der Waals surface area contributed by atoms with E-state index in [4.69, 9.17) is 4.74 Å². The number of aryl methyl sites for hydroxylation is 1. The standard InChI is InChI=1S/C15H22N2O4S/c1-10-6-7-13(17-22(3,19)20)12(9-10)15(18)16-11(2)14-5-4-8-21-14/h6-7,9,11,14,17H,4-5,8H2,1-3H3,(H,16,18)/t11-,14+/m0/s1. The second-order valence-electron chi connectivity index (χ2n) is 5.74. The predicted octanol–water partition coefficient (Wildman–Crippen LogP) is 1.66. The Bertz CT molecular complexity index is 652. The molecule has 0 spiro atoms. The Kier molecular flexibility index (Phi) is 5.08. The molecule has 7 heteroatoms. The topological polar surface area (TPSA) is 84.5 Å². The summed E-state index contributed by atoms with van der Waals surface area (Å²) in [5, 5.41) is 2.89. The van der Waals surface area contributed by atoms with Gasteiger partial charge in [0.25, 0.3) is 5.91 Å². The average Bonchev–Trinajstić information content (AvgIpc) is 2.93. The lowest BCUT2D eigenvalue weighted by Gasteiger charge is -2.21. The Labute approximate surface area is 131 Å². The van der Waals surface area contributed by atoms with Crippen molar-refractivity contribution < 1.29 is 17.9 Å². The van der Waals surface area contributed by atoms with Gasteiger partial charge in [0.15, 0.2) is 0 Å². The van der Waals surface area contributed by atoms with Crippen molar-refractivity contribution >= 4 is 21.6 Å². The van der Waals surface area contributed by atoms with E-state index in [0.29, 0.717) is 5.56 Å². The second kappa shape index (κ2) is 6.66. The van der Waals surface area contributed by atoms with E-state index in [0.717, 1.165) is 31.3 Å². The highest BCUT2D eigenvalue weighted by Gasteiger charge is 2.25. The molecule has 0 bridgehead atoms. The van der Waals surface area contributed by atoms with Crippen LogP contribution >= 0.6 is 0 Å². The maximum atomic E-state index is 12.5. The second-order valence-corrected chi connectivity index (χ2v) is 7.49. The zero-order valence-electron chi connectivity index (χ0n) is 13.0. The average molecular weight is 326 g/mol. The zero-order chi connectivity index (χ0) is 16.3. The van der Waals surface area contributed by atoms with Crippen LogP contribution in [0.5, 0.6) is 0 Å². The molecule has 122 valence electrons. The van der Waals surface area contributed by atoms with Crippen LogP contribution in [0.4, 0.5) is 5.69 Å². The van der Waals surface area contributed by atoms with Crippen LogP contribution in [-0.2, 0) is 14.8 Å². The predicted molar refractivity (Wildman–Crippen MR) is 85.5 cm³/mol. The highest BCUT2D eigenvalue weighted by Crippen LogP contribution is 2.20. The van der Waals surface area contributed by atoms with Gasteiger partial charge in [-0.25, -0.2) is 8.42 Å². The normalized spacial score (nSPS) is 19.7. The molecule has 0 saturated carbocycles. The molecule has 0 radical (unpaired) electrons. The molecule has 1 aliphatic heterocycles. The zero-order valence-corrected chi connectivity index (χ0v) is 13.9. The summed E-state index contributed by atoms with van der Waals surface area (Å²) in [6.45, 7) is 4.47. The van der Waals surface area contributed by atoms with Gasteiger partial charge in [0, 0.05) is 6.61 Å². The van der Waals surface area contributed by atoms with Gasteiger partial charge in [-0.2, -0.15) is 0 Å². The first-order valence-electron chi connectivity index (χ1n) is 7.27. The van der Waals surface area contributed by atoms with Crippen molar-refractivity contribution in [2.75, 3.05) is 17.6 Å². The fourth-order valence-corrected chi connectivity index (χ4v) is 3.09. The highest BCUT2D eigenvalue weighted by atomic mass is 32.2. The molecule has 1 aliphatic rings. The number of amides is 1. The van der Waals surface area contributed by atoms with E-state index in [1.807, 2.05) is 13.8 Å². The molecule has 2 N–H and O–H groups in total. The van der Waals surface area contributed by atoms with Crippen LogP contribution in [0.15, 0.2) is 18.2 Å². The number of benzene rings is 1. The molecule has 6 nitrogen and oxygen atoms in total. The summed E-state index contributed by atoms with van der Waals surface area (Å²) in [4.78, 5) is 12.5. The summed E-state index contributed by atoms with van der Waals surface area (Å²) in [7, 11) is -3.44. The smallest absolute Gasteiger partial charge is 0.253 e. The van der Waals surface area contributed by atoms with Gasteiger partial charge >= 0.3 is 0 Å². The van der Waals surface area contributed by atoms with E-state index >= 15 is 0 Å². The molecule has 1 fully saturated rings. The fourth-order valence-electron chi connectivity index (χ4n) is 2.51. The van der Waals surface area contributed by atoms with Gasteiger partial charge < -0.3 is 10.1 Å². The van der Waals surface area contributed by atoms with E-state index in [2.05, 4.69) is 10.0 Å². The van der Waals surface area contributed by atoms with Gasteiger partial charge in [-0.15, -0.1) is 0 Å². The maximum Gasteiger partial charge on any atom is 0.253 e. The van der Waals surface area contributed by atoms with Crippen LogP contribution in [0.1, 0.15) is 35.7 Å². The first-order chi connectivity index (χ1) is 10.3. The lowest BCUT2D eigenvalue weighted by atomic mass is 10.1. The van der Waals surface area contributed by atoms with Crippen molar-refractivity contribution in [2.45, 2.75) is 38.8 Å². The fraction of sp³-hybridized carbons (Fsp3) is 0.533. The number of hydrogen-bond acceptors (Lipinski definition) is 4. The summed E-state index contributed by atoms with van der Waals surface area (Å²) in [6.07, 6.45) is 2.99. The minimum absolute atomic E-state index is 0.0140. The summed E-state index contributed by atoms with van der Waals surface area (Å²) < 4.78 is 30.8. The van der Waals surface area contributed by atoms with Gasteiger partial charge in [0.2, 0.25) is 10.0 Å². The molecule has 0 aliphatic carbocycles. The van der Waals surface area contributed by atoms with E-state index < -0.39 is 10.0 Å². The quantitative estimate of drug-likeness (QED) is 0.862. The third-order valence-electron chi connectivity index (χ3n) is 3.60. The minimum Gasteiger partial charge on any atom is -0.376 e. The molecule has 2 atom stereocenters. The summed E-state index contributed by atoms with van der Waals surface area (Å²) in [6, 6.07) is 4.91. The van der Waals surface area contributed by atoms with Crippen molar-refractivity contribution in [1.82, 2.24) is 5.32 Å². The Morgan fingerprint density at radius 1 is 1.41 bits per heavy atom. The van der Waals surface area contributed by atoms with Crippen molar-refractivity contribution in [2.24, 2.45) is 0 Å². The Balaban J connectivity index is 2.18. The number of ether oxygens (including phenoxy) is 1. The number of rotatable bonds is 5. The van der Waals surface area contributed by atoms with Crippen LogP contribution in [0.3, 0.4) is 0 Å². The molecule has 22 heavy (non-hydrogen) atoms. The Morgan fingerprint density at radius 2 is 2.14 bits per heavy atom. The van der Waals surface area contributed by atoms with E-state index in [1.165, 1.54) is 0 Å². The van der Waals surface area contributed by atoms with Gasteiger partial charge in [-0.3, -0.25) is 9.52 Å². The third kappa shape index (κ3) is 4.45. The number of anilines is 1. The van der Waals surface area contributed by atoms with E-state index in [-0.39, 0.29) is 23.7 Å². The first kappa shape index (κ1) is 16.8. The van der Waals surface area contributed by atoms with Gasteiger partial charge in [0.05, 0.1) is 29.7 Å². The lowest BCUT2D eigenvalue weighted by Crippen LogP contribution is -2.41. The maximum absolute atomic E-state index is 12.5. The van der Waals surface area contributed by atoms with Crippen LogP contribution in [0.25, 0.3) is 0 Å². The molecule has 0 aromatic heterocycles. The largest absolute Gasteiger partial charge is 0.376 e. The molecule has 2 rings (SSSR count). The van der Waals surface area contributed by atoms with Crippen LogP contribution in [0, 0.1) is 6.92 Å². The monoisotopic (exact) mass is 326 g/mol. The van der Waals surface area contributed by atoms with Crippen LogP contribution < -0.4 is 10.0 Å². The first-order valence-corrected chi connectivity index (χ1v) is 9.16. The molecule has 1 amide bonds. The van der Waals surface area contributed by atoms with Crippen LogP contribution in [-0.4, -0.2) is 39.3 Å². The summed E-state index contributed by atoms with van der Waals surface area (Å²) in [5.41, 5.74) is 1.48. The number of nitrogens with one attached hydrogen (secondary N) is 2. The molecule has 1 saturated heterocycles.